The van der Waals surface area contributed by atoms with Crippen LogP contribution >= 0.6 is 0 Å². The highest BCUT2D eigenvalue weighted by molar-refractivity contribution is 5.94. The summed E-state index contributed by atoms with van der Waals surface area (Å²) in [7, 11) is 0. The first kappa shape index (κ1) is 30.0. The van der Waals surface area contributed by atoms with E-state index >= 15 is 0 Å². The number of rotatable bonds is 14. The summed E-state index contributed by atoms with van der Waals surface area (Å²) in [5, 5.41) is 24.6. The van der Waals surface area contributed by atoms with Crippen LogP contribution in [0.25, 0.3) is 0 Å². The maximum Gasteiger partial charge on any atom is 0.326 e. The number of carbonyl (C=O) groups is 4. The Balaban J connectivity index is 2.23. The second-order valence-corrected chi connectivity index (χ2v) is 9.72. The Labute approximate surface area is 217 Å². The minimum atomic E-state index is -1.07. The van der Waals surface area contributed by atoms with E-state index in [1.54, 1.807) is 12.1 Å². The first-order valence-electron chi connectivity index (χ1n) is 13.0. The van der Waals surface area contributed by atoms with Crippen LogP contribution in [-0.2, 0) is 25.6 Å². The van der Waals surface area contributed by atoms with Crippen LogP contribution in [0.3, 0.4) is 0 Å². The standard InChI is InChI=1S/C26H41N5O6/c1-3-16(2)22(25(35)31-14-6-8-21(31)26(36)37)30-24(34)20(15-17-9-11-18(32)12-10-17)29-23(33)19(28)7-4-5-13-27/h9-12,16,19-22,32H,3-8,13-15,27-28H2,1-2H3,(H,29,33)(H,30,34)(H,36,37). The SMILES string of the molecule is CCC(C)C(NC(=O)C(Cc1ccc(O)cc1)NC(=O)C(N)CCCCN)C(=O)N1CCCC1C(=O)O. The monoisotopic (exact) mass is 519 g/mol. The van der Waals surface area contributed by atoms with Crippen LogP contribution in [0.2, 0.25) is 0 Å². The predicted molar refractivity (Wildman–Crippen MR) is 138 cm³/mol. The zero-order valence-electron chi connectivity index (χ0n) is 21.7. The maximum atomic E-state index is 13.5. The number of nitrogens with one attached hydrogen (secondary N) is 2. The molecule has 206 valence electrons. The van der Waals surface area contributed by atoms with Crippen LogP contribution in [-0.4, -0.2) is 76.1 Å². The number of carbonyl (C=O) groups excluding carboxylic acids is 3. The van der Waals surface area contributed by atoms with Crippen LogP contribution in [0.5, 0.6) is 5.75 Å². The van der Waals surface area contributed by atoms with Crippen LogP contribution in [0.1, 0.15) is 57.9 Å². The molecule has 11 nitrogen and oxygen atoms in total. The molecule has 1 aliphatic heterocycles. The first-order valence-corrected chi connectivity index (χ1v) is 13.0. The molecule has 11 heteroatoms. The van der Waals surface area contributed by atoms with Crippen molar-refractivity contribution in [1.82, 2.24) is 15.5 Å². The number of aromatic hydroxyl groups is 1. The molecule has 0 aromatic heterocycles. The van der Waals surface area contributed by atoms with Gasteiger partial charge in [0.15, 0.2) is 0 Å². The van der Waals surface area contributed by atoms with Crippen molar-refractivity contribution in [3.8, 4) is 5.75 Å². The Bertz CT molecular complexity index is 925. The number of nitrogens with two attached hydrogens (primary N) is 2. The molecule has 0 aliphatic carbocycles. The van der Waals surface area contributed by atoms with Gasteiger partial charge in [-0.3, -0.25) is 14.4 Å². The minimum Gasteiger partial charge on any atom is -0.508 e. The molecule has 8 N–H and O–H groups in total. The van der Waals surface area contributed by atoms with E-state index in [0.717, 1.165) is 6.42 Å². The van der Waals surface area contributed by atoms with E-state index in [9.17, 15) is 29.4 Å². The van der Waals surface area contributed by atoms with Crippen molar-refractivity contribution >= 4 is 23.7 Å². The molecule has 1 aromatic rings. The highest BCUT2D eigenvalue weighted by Crippen LogP contribution is 2.22. The summed E-state index contributed by atoms with van der Waals surface area (Å²) in [6.45, 7) is 4.50. The van der Waals surface area contributed by atoms with E-state index in [2.05, 4.69) is 10.6 Å². The number of amides is 3. The van der Waals surface area contributed by atoms with Crippen molar-refractivity contribution in [3.63, 3.8) is 0 Å². The zero-order chi connectivity index (χ0) is 27.5. The van der Waals surface area contributed by atoms with Gasteiger partial charge in [-0.2, -0.15) is 0 Å². The maximum absolute atomic E-state index is 13.5. The number of carboxylic acids is 1. The average molecular weight is 520 g/mol. The van der Waals surface area contributed by atoms with E-state index in [-0.39, 0.29) is 18.1 Å². The molecule has 3 amide bonds. The molecule has 2 rings (SSSR count). The lowest BCUT2D eigenvalue weighted by Crippen LogP contribution is -2.59. The largest absolute Gasteiger partial charge is 0.508 e. The Hall–Kier alpha value is -3.18. The third kappa shape index (κ3) is 8.71. The van der Waals surface area contributed by atoms with Crippen molar-refractivity contribution in [3.05, 3.63) is 29.8 Å². The number of hydrogen-bond acceptors (Lipinski definition) is 7. The number of phenolic OH excluding ortho intramolecular Hbond substituents is 1. The van der Waals surface area contributed by atoms with Gasteiger partial charge in [-0.1, -0.05) is 38.8 Å². The van der Waals surface area contributed by atoms with E-state index in [1.165, 1.54) is 17.0 Å². The number of nitrogens with zero attached hydrogens (tertiary/aromatic N) is 1. The van der Waals surface area contributed by atoms with Gasteiger partial charge in [-0.25, -0.2) is 4.79 Å². The van der Waals surface area contributed by atoms with E-state index in [1.807, 2.05) is 13.8 Å². The smallest absolute Gasteiger partial charge is 0.326 e. The fraction of sp³-hybridized carbons (Fsp3) is 0.615. The summed E-state index contributed by atoms with van der Waals surface area (Å²) >= 11 is 0. The number of aliphatic carboxylic acids is 1. The number of likely N-dealkylation sites (tertiary alicyclic amines) is 1. The Morgan fingerprint density at radius 3 is 2.38 bits per heavy atom. The number of hydrogen-bond donors (Lipinski definition) is 6. The summed E-state index contributed by atoms with van der Waals surface area (Å²) in [6, 6.07) is 2.51. The number of unbranched alkanes of at least 4 members (excludes halogenated alkanes) is 1. The molecular weight excluding hydrogens is 478 g/mol. The Morgan fingerprint density at radius 2 is 1.78 bits per heavy atom. The van der Waals surface area contributed by atoms with Crippen LogP contribution < -0.4 is 22.1 Å². The summed E-state index contributed by atoms with van der Waals surface area (Å²) in [6.07, 6.45) is 3.43. The van der Waals surface area contributed by atoms with Crippen molar-refractivity contribution in [2.45, 2.75) is 83.0 Å². The van der Waals surface area contributed by atoms with Gasteiger partial charge in [0.05, 0.1) is 6.04 Å². The van der Waals surface area contributed by atoms with Crippen LogP contribution in [0.4, 0.5) is 0 Å². The lowest BCUT2D eigenvalue weighted by Gasteiger charge is -2.31. The van der Waals surface area contributed by atoms with Gasteiger partial charge in [0.25, 0.3) is 0 Å². The van der Waals surface area contributed by atoms with Gasteiger partial charge in [-0.15, -0.1) is 0 Å². The summed E-state index contributed by atoms with van der Waals surface area (Å²) in [5.74, 6) is -2.78. The minimum absolute atomic E-state index is 0.0664. The number of carboxylic acid groups (broad SMARTS) is 1. The summed E-state index contributed by atoms with van der Waals surface area (Å²) in [4.78, 5) is 52.6. The normalized spacial score (nSPS) is 18.5. The van der Waals surface area contributed by atoms with Gasteiger partial charge < -0.3 is 37.2 Å². The molecule has 1 aromatic carbocycles. The van der Waals surface area contributed by atoms with Crippen molar-refractivity contribution in [2.24, 2.45) is 17.4 Å². The van der Waals surface area contributed by atoms with Gasteiger partial charge >= 0.3 is 5.97 Å². The molecule has 0 bridgehead atoms. The molecule has 1 aliphatic rings. The highest BCUT2D eigenvalue weighted by atomic mass is 16.4. The lowest BCUT2D eigenvalue weighted by atomic mass is 9.96. The molecule has 1 saturated heterocycles. The third-order valence-corrected chi connectivity index (χ3v) is 6.91. The third-order valence-electron chi connectivity index (χ3n) is 6.91. The van der Waals surface area contributed by atoms with Crippen LogP contribution in [0, 0.1) is 5.92 Å². The number of phenols is 1. The van der Waals surface area contributed by atoms with Crippen molar-refractivity contribution < 1.29 is 29.4 Å². The predicted octanol–water partition coefficient (Wildman–Crippen LogP) is 0.482. The highest BCUT2D eigenvalue weighted by Gasteiger charge is 2.40. The van der Waals surface area contributed by atoms with Crippen LogP contribution in [0.15, 0.2) is 24.3 Å². The molecule has 1 heterocycles. The summed E-state index contributed by atoms with van der Waals surface area (Å²) in [5.41, 5.74) is 12.2. The Kier molecular flexibility index (Phi) is 11.8. The van der Waals surface area contributed by atoms with Gasteiger partial charge in [-0.05, 0) is 55.8 Å². The number of benzene rings is 1. The van der Waals surface area contributed by atoms with Gasteiger partial charge in [0.1, 0.15) is 23.9 Å². The second kappa shape index (κ2) is 14.5. The molecule has 0 saturated carbocycles. The molecule has 1 fully saturated rings. The first-order chi connectivity index (χ1) is 17.6. The topological polar surface area (TPSA) is 188 Å². The van der Waals surface area contributed by atoms with E-state index in [0.29, 0.717) is 50.8 Å². The molecule has 37 heavy (non-hydrogen) atoms. The molecule has 0 radical (unpaired) electrons. The van der Waals surface area contributed by atoms with Crippen molar-refractivity contribution in [2.75, 3.05) is 13.1 Å². The quantitative estimate of drug-likeness (QED) is 0.191. The van der Waals surface area contributed by atoms with Crippen molar-refractivity contribution in [1.29, 1.82) is 0 Å². The fourth-order valence-corrected chi connectivity index (χ4v) is 4.40. The zero-order valence-corrected chi connectivity index (χ0v) is 21.7. The van der Waals surface area contributed by atoms with E-state index in [4.69, 9.17) is 11.5 Å². The Morgan fingerprint density at radius 1 is 1.11 bits per heavy atom. The second-order valence-electron chi connectivity index (χ2n) is 9.72. The fourth-order valence-electron chi connectivity index (χ4n) is 4.40. The molecule has 5 unspecified atom stereocenters. The van der Waals surface area contributed by atoms with Gasteiger partial charge in [0.2, 0.25) is 17.7 Å². The van der Waals surface area contributed by atoms with Gasteiger partial charge in [0, 0.05) is 13.0 Å². The van der Waals surface area contributed by atoms with E-state index < -0.39 is 47.9 Å². The lowest BCUT2D eigenvalue weighted by molar-refractivity contribution is -0.150. The molecule has 0 spiro atoms. The summed E-state index contributed by atoms with van der Waals surface area (Å²) < 4.78 is 0. The molecule has 5 atom stereocenters. The average Bonchev–Trinajstić information content (AvgIpc) is 3.37. The molecular formula is C26H41N5O6.